The number of aromatic nitrogens is 4. The van der Waals surface area contributed by atoms with Crippen LogP contribution in [0.5, 0.6) is 0 Å². The average Bonchev–Trinajstić information content (AvgIpc) is 3.93. The van der Waals surface area contributed by atoms with Gasteiger partial charge in [-0.3, -0.25) is 0 Å². The van der Waals surface area contributed by atoms with E-state index in [1.165, 1.54) is 5.56 Å². The Bertz CT molecular complexity index is 3650. The van der Waals surface area contributed by atoms with Crippen molar-refractivity contribution in [1.82, 2.24) is 19.5 Å². The Labute approximate surface area is 377 Å². The minimum absolute atomic E-state index is 0.388. The van der Waals surface area contributed by atoms with Gasteiger partial charge in [0.1, 0.15) is 11.2 Å². The summed E-state index contributed by atoms with van der Waals surface area (Å²) in [7, 11) is 0. The third-order valence-electron chi connectivity index (χ3n) is 12.6. The SMILES string of the molecule is CC(C)c1ccc(-c2cc(-c3nc(-c4ccccc4)nc(-c4ccccc4)n3)cc(-c3ccccc3)c2-n2c3ccccc3c3c4oc5c(-c6ccccc6)cccc5c4ccc32)cc1. The Balaban J connectivity index is 1.19. The quantitative estimate of drug-likeness (QED) is 0.153. The molecule has 0 atom stereocenters. The fourth-order valence-corrected chi connectivity index (χ4v) is 9.44. The maximum Gasteiger partial charge on any atom is 0.164 e. The van der Waals surface area contributed by atoms with Crippen molar-refractivity contribution in [2.24, 2.45) is 0 Å². The number of hydrogen-bond donors (Lipinski definition) is 0. The first kappa shape index (κ1) is 38.3. The van der Waals surface area contributed by atoms with Crippen LogP contribution in [-0.2, 0) is 0 Å². The third-order valence-corrected chi connectivity index (χ3v) is 12.6. The maximum atomic E-state index is 7.11. The lowest BCUT2D eigenvalue weighted by Gasteiger charge is -2.21. The lowest BCUT2D eigenvalue weighted by molar-refractivity contribution is 0.674. The summed E-state index contributed by atoms with van der Waals surface area (Å²) >= 11 is 0. The van der Waals surface area contributed by atoms with E-state index in [0.717, 1.165) is 99.5 Å². The summed E-state index contributed by atoms with van der Waals surface area (Å²) in [4.78, 5) is 15.5. The van der Waals surface area contributed by atoms with Gasteiger partial charge < -0.3 is 8.98 Å². The van der Waals surface area contributed by atoms with E-state index in [2.05, 4.69) is 194 Å². The molecule has 3 heterocycles. The van der Waals surface area contributed by atoms with Gasteiger partial charge in [0.05, 0.1) is 22.1 Å². The smallest absolute Gasteiger partial charge is 0.164 e. The molecule has 12 rings (SSSR count). The number of benzene rings is 9. The van der Waals surface area contributed by atoms with Gasteiger partial charge in [0, 0.05) is 49.5 Å². The highest BCUT2D eigenvalue weighted by molar-refractivity contribution is 6.25. The summed E-state index contributed by atoms with van der Waals surface area (Å²) in [6.45, 7) is 4.48. The second-order valence-corrected chi connectivity index (χ2v) is 16.9. The van der Waals surface area contributed by atoms with Gasteiger partial charge >= 0.3 is 0 Å². The van der Waals surface area contributed by atoms with Gasteiger partial charge in [-0.05, 0) is 58.5 Å². The van der Waals surface area contributed by atoms with Crippen molar-refractivity contribution >= 4 is 43.7 Å². The highest BCUT2D eigenvalue weighted by Crippen LogP contribution is 2.47. The molecule has 0 spiro atoms. The van der Waals surface area contributed by atoms with E-state index in [1.807, 2.05) is 36.4 Å². The van der Waals surface area contributed by atoms with Crippen LogP contribution in [-0.4, -0.2) is 19.5 Å². The standard InChI is InChI=1S/C60H42N4O/c1-38(2)39-30-32-42(33-31-39)51-37-45(60-62-58(43-22-11-5-12-23-43)61-59(63-60)44-24-13-6-14-25-44)36-50(41-20-9-4-10-21-41)55(51)64-52-29-16-15-26-49(52)54-53(64)35-34-48-47-28-17-27-46(56(47)65-57(48)54)40-18-7-3-8-19-40/h3-38H,1-2H3. The molecule has 0 aliphatic heterocycles. The predicted molar refractivity (Wildman–Crippen MR) is 268 cm³/mol. The summed E-state index contributed by atoms with van der Waals surface area (Å²) < 4.78 is 9.56. The van der Waals surface area contributed by atoms with Gasteiger partial charge in [0.15, 0.2) is 17.5 Å². The highest BCUT2D eigenvalue weighted by atomic mass is 16.3. The normalized spacial score (nSPS) is 11.7. The van der Waals surface area contributed by atoms with Crippen LogP contribution in [0.1, 0.15) is 25.3 Å². The number of fused-ring (bicyclic) bond motifs is 7. The number of nitrogens with zero attached hydrogens (tertiary/aromatic N) is 4. The molecule has 0 saturated heterocycles. The number of furan rings is 1. The van der Waals surface area contributed by atoms with E-state index in [4.69, 9.17) is 19.4 Å². The van der Waals surface area contributed by atoms with Crippen molar-refractivity contribution in [2.75, 3.05) is 0 Å². The summed E-state index contributed by atoms with van der Waals surface area (Å²) in [5.41, 5.74) is 15.5. The molecule has 5 nitrogen and oxygen atoms in total. The van der Waals surface area contributed by atoms with Crippen molar-refractivity contribution in [1.29, 1.82) is 0 Å². The fraction of sp³-hybridized carbons (Fsp3) is 0.0500. The third kappa shape index (κ3) is 6.59. The molecule has 9 aromatic carbocycles. The Hall–Kier alpha value is -8.41. The number of hydrogen-bond acceptors (Lipinski definition) is 4. The molecular formula is C60H42N4O. The molecule has 0 fully saturated rings. The largest absolute Gasteiger partial charge is 0.455 e. The highest BCUT2D eigenvalue weighted by Gasteiger charge is 2.25. The second kappa shape index (κ2) is 15.7. The van der Waals surface area contributed by atoms with Crippen LogP contribution in [0.3, 0.4) is 0 Å². The van der Waals surface area contributed by atoms with E-state index in [9.17, 15) is 0 Å². The van der Waals surface area contributed by atoms with Gasteiger partial charge in [-0.25, -0.2) is 15.0 Å². The molecule has 0 bridgehead atoms. The lowest BCUT2D eigenvalue weighted by atomic mass is 9.91. The first-order valence-corrected chi connectivity index (χ1v) is 22.2. The molecule has 3 aromatic heterocycles. The van der Waals surface area contributed by atoms with Crippen LogP contribution in [0, 0.1) is 0 Å². The van der Waals surface area contributed by atoms with Gasteiger partial charge in [0.2, 0.25) is 0 Å². The van der Waals surface area contributed by atoms with Crippen LogP contribution in [0.4, 0.5) is 0 Å². The van der Waals surface area contributed by atoms with Crippen LogP contribution in [0.25, 0.3) is 117 Å². The molecule has 0 amide bonds. The molecule has 308 valence electrons. The molecule has 12 aromatic rings. The Morgan fingerprint density at radius 2 is 0.846 bits per heavy atom. The zero-order chi connectivity index (χ0) is 43.4. The van der Waals surface area contributed by atoms with Crippen LogP contribution in [0.15, 0.2) is 217 Å². The van der Waals surface area contributed by atoms with Crippen LogP contribution < -0.4 is 0 Å². The molecule has 65 heavy (non-hydrogen) atoms. The molecule has 0 aliphatic rings. The lowest BCUT2D eigenvalue weighted by Crippen LogP contribution is -2.04. The van der Waals surface area contributed by atoms with Gasteiger partial charge in [-0.2, -0.15) is 0 Å². The van der Waals surface area contributed by atoms with Crippen molar-refractivity contribution in [3.63, 3.8) is 0 Å². The first-order chi connectivity index (χ1) is 32.1. The van der Waals surface area contributed by atoms with E-state index in [0.29, 0.717) is 23.4 Å². The van der Waals surface area contributed by atoms with E-state index in [-0.39, 0.29) is 0 Å². The fourth-order valence-electron chi connectivity index (χ4n) is 9.44. The molecule has 0 unspecified atom stereocenters. The van der Waals surface area contributed by atoms with Crippen LogP contribution in [0.2, 0.25) is 0 Å². The topological polar surface area (TPSA) is 56.7 Å². The summed E-state index contributed by atoms with van der Waals surface area (Å²) in [6.07, 6.45) is 0. The number of para-hydroxylation sites is 2. The Morgan fingerprint density at radius 3 is 1.43 bits per heavy atom. The Kier molecular flexibility index (Phi) is 9.27. The Morgan fingerprint density at radius 1 is 0.369 bits per heavy atom. The monoisotopic (exact) mass is 834 g/mol. The summed E-state index contributed by atoms with van der Waals surface area (Å²) in [5, 5.41) is 4.39. The van der Waals surface area contributed by atoms with E-state index >= 15 is 0 Å². The van der Waals surface area contributed by atoms with Crippen molar-refractivity contribution in [2.45, 2.75) is 19.8 Å². The molecule has 0 aliphatic carbocycles. The molecular weight excluding hydrogens is 793 g/mol. The van der Waals surface area contributed by atoms with E-state index < -0.39 is 0 Å². The van der Waals surface area contributed by atoms with Gasteiger partial charge in [-0.15, -0.1) is 0 Å². The minimum Gasteiger partial charge on any atom is -0.455 e. The second-order valence-electron chi connectivity index (χ2n) is 16.9. The molecule has 0 N–H and O–H groups in total. The van der Waals surface area contributed by atoms with Crippen molar-refractivity contribution in [3.05, 3.63) is 218 Å². The van der Waals surface area contributed by atoms with Gasteiger partial charge in [-0.1, -0.05) is 196 Å². The zero-order valence-corrected chi connectivity index (χ0v) is 36.0. The summed E-state index contributed by atoms with van der Waals surface area (Å²) in [5.74, 6) is 2.23. The molecule has 0 saturated carbocycles. The zero-order valence-electron chi connectivity index (χ0n) is 36.0. The molecule has 5 heteroatoms. The maximum absolute atomic E-state index is 7.11. The van der Waals surface area contributed by atoms with Crippen molar-refractivity contribution in [3.8, 4) is 73.2 Å². The minimum atomic E-state index is 0.388. The molecule has 0 radical (unpaired) electrons. The van der Waals surface area contributed by atoms with Crippen LogP contribution >= 0.6 is 0 Å². The summed E-state index contributed by atoms with van der Waals surface area (Å²) in [6, 6.07) is 74.8. The van der Waals surface area contributed by atoms with E-state index in [1.54, 1.807) is 0 Å². The average molecular weight is 835 g/mol. The van der Waals surface area contributed by atoms with Crippen molar-refractivity contribution < 1.29 is 4.42 Å². The van der Waals surface area contributed by atoms with Gasteiger partial charge in [0.25, 0.3) is 0 Å². The first-order valence-electron chi connectivity index (χ1n) is 22.2. The number of rotatable bonds is 8. The predicted octanol–water partition coefficient (Wildman–Crippen LogP) is 16.0.